The molecule has 0 bridgehead atoms. The maximum Gasteiger partial charge on any atom is 0.407 e. The molecular weight excluding hydrogens is 252 g/mol. The number of carbonyl (C=O) groups is 1. The highest BCUT2D eigenvalue weighted by Crippen LogP contribution is 2.12. The maximum absolute atomic E-state index is 11.4. The Morgan fingerprint density at radius 3 is 2.35 bits per heavy atom. The van der Waals surface area contributed by atoms with Gasteiger partial charge in [0.15, 0.2) is 0 Å². The summed E-state index contributed by atoms with van der Waals surface area (Å²) in [5.41, 5.74) is 2.05. The van der Waals surface area contributed by atoms with Gasteiger partial charge in [0, 0.05) is 19.1 Å². The van der Waals surface area contributed by atoms with Crippen molar-refractivity contribution in [2.45, 2.75) is 46.3 Å². The van der Waals surface area contributed by atoms with Crippen LogP contribution in [0.2, 0.25) is 0 Å². The number of benzene rings is 1. The lowest BCUT2D eigenvalue weighted by Gasteiger charge is -2.20. The molecule has 0 fully saturated rings. The Balaban J connectivity index is 2.24. The molecule has 0 saturated heterocycles. The molecule has 0 aromatic heterocycles. The lowest BCUT2D eigenvalue weighted by molar-refractivity contribution is 0.0528. The lowest BCUT2D eigenvalue weighted by Crippen LogP contribution is -2.36. The molecule has 112 valence electrons. The minimum atomic E-state index is -0.452. The van der Waals surface area contributed by atoms with Gasteiger partial charge in [-0.2, -0.15) is 0 Å². The second-order valence-electron chi connectivity index (χ2n) is 6.02. The molecule has 1 amide bonds. The van der Waals surface area contributed by atoms with Gasteiger partial charge in [-0.25, -0.2) is 4.79 Å². The lowest BCUT2D eigenvalue weighted by atomic mass is 10.1. The van der Waals surface area contributed by atoms with Gasteiger partial charge in [-0.1, -0.05) is 29.8 Å². The zero-order valence-corrected chi connectivity index (χ0v) is 13.1. The van der Waals surface area contributed by atoms with Crippen molar-refractivity contribution in [2.75, 3.05) is 13.1 Å². The third-order valence-corrected chi connectivity index (χ3v) is 2.82. The van der Waals surface area contributed by atoms with Crippen molar-refractivity contribution < 1.29 is 9.53 Å². The largest absolute Gasteiger partial charge is 0.444 e. The Bertz CT molecular complexity index is 421. The molecule has 4 heteroatoms. The monoisotopic (exact) mass is 278 g/mol. The van der Waals surface area contributed by atoms with Crippen molar-refractivity contribution >= 4 is 6.09 Å². The third-order valence-electron chi connectivity index (χ3n) is 2.82. The van der Waals surface area contributed by atoms with E-state index in [0.29, 0.717) is 13.1 Å². The van der Waals surface area contributed by atoms with Gasteiger partial charge in [-0.15, -0.1) is 0 Å². The molecule has 20 heavy (non-hydrogen) atoms. The van der Waals surface area contributed by atoms with Gasteiger partial charge >= 0.3 is 6.09 Å². The topological polar surface area (TPSA) is 50.4 Å². The summed E-state index contributed by atoms with van der Waals surface area (Å²) in [6, 6.07) is 8.71. The Kier molecular flexibility index (Phi) is 6.02. The Morgan fingerprint density at radius 1 is 1.20 bits per heavy atom. The number of nitrogens with one attached hydrogen (secondary N) is 2. The fourth-order valence-corrected chi connectivity index (χ4v) is 1.74. The van der Waals surface area contributed by atoms with E-state index in [1.165, 1.54) is 11.1 Å². The Morgan fingerprint density at radius 2 is 1.80 bits per heavy atom. The van der Waals surface area contributed by atoms with Crippen molar-refractivity contribution in [3.8, 4) is 0 Å². The zero-order chi connectivity index (χ0) is 15.2. The van der Waals surface area contributed by atoms with Crippen LogP contribution in [0.3, 0.4) is 0 Å². The normalized spacial score (nSPS) is 12.8. The first-order valence-corrected chi connectivity index (χ1v) is 7.05. The number of ether oxygens (including phenoxy) is 1. The molecular formula is C16H26N2O2. The van der Waals surface area contributed by atoms with Crippen molar-refractivity contribution in [3.63, 3.8) is 0 Å². The number of hydrogen-bond donors (Lipinski definition) is 2. The van der Waals surface area contributed by atoms with E-state index in [1.807, 2.05) is 20.8 Å². The molecule has 0 spiro atoms. The zero-order valence-electron chi connectivity index (χ0n) is 13.1. The van der Waals surface area contributed by atoms with Crippen molar-refractivity contribution in [2.24, 2.45) is 0 Å². The molecule has 0 aliphatic rings. The van der Waals surface area contributed by atoms with E-state index in [1.54, 1.807) is 0 Å². The van der Waals surface area contributed by atoms with Gasteiger partial charge < -0.3 is 15.4 Å². The summed E-state index contributed by atoms with van der Waals surface area (Å²) in [6.45, 7) is 11.0. The number of rotatable bonds is 5. The van der Waals surface area contributed by atoms with E-state index in [0.717, 1.165) is 0 Å². The van der Waals surface area contributed by atoms with Crippen LogP contribution < -0.4 is 10.6 Å². The standard InChI is InChI=1S/C16H26N2O2/c1-12-6-8-14(9-7-12)13(2)17-10-11-18-15(19)20-16(3,4)5/h6-9,13,17H,10-11H2,1-5H3,(H,18,19). The Labute approximate surface area is 121 Å². The first-order valence-electron chi connectivity index (χ1n) is 7.05. The highest BCUT2D eigenvalue weighted by atomic mass is 16.6. The number of amides is 1. The average molecular weight is 278 g/mol. The van der Waals surface area contributed by atoms with Crippen LogP contribution >= 0.6 is 0 Å². The van der Waals surface area contributed by atoms with Gasteiger partial charge in [0.25, 0.3) is 0 Å². The summed E-state index contributed by atoms with van der Waals surface area (Å²) in [4.78, 5) is 11.4. The number of hydrogen-bond acceptors (Lipinski definition) is 3. The summed E-state index contributed by atoms with van der Waals surface area (Å²) in [5.74, 6) is 0. The van der Waals surface area contributed by atoms with Crippen LogP contribution in [0.5, 0.6) is 0 Å². The molecule has 1 rings (SSSR count). The quantitative estimate of drug-likeness (QED) is 0.813. The molecule has 1 unspecified atom stereocenters. The SMILES string of the molecule is Cc1ccc(C(C)NCCNC(=O)OC(C)(C)C)cc1. The van der Waals surface area contributed by atoms with Crippen LogP contribution in [0.1, 0.15) is 44.9 Å². The van der Waals surface area contributed by atoms with E-state index >= 15 is 0 Å². The summed E-state index contributed by atoms with van der Waals surface area (Å²) in [7, 11) is 0. The van der Waals surface area contributed by atoms with Crippen LogP contribution in [0.4, 0.5) is 4.79 Å². The molecule has 1 aromatic carbocycles. The molecule has 0 aliphatic heterocycles. The highest BCUT2D eigenvalue weighted by molar-refractivity contribution is 5.67. The molecule has 0 heterocycles. The number of carbonyl (C=O) groups excluding carboxylic acids is 1. The van der Waals surface area contributed by atoms with Crippen LogP contribution in [0, 0.1) is 6.92 Å². The first kappa shape index (κ1) is 16.5. The van der Waals surface area contributed by atoms with E-state index in [-0.39, 0.29) is 12.1 Å². The van der Waals surface area contributed by atoms with Gasteiger partial charge in [0.2, 0.25) is 0 Å². The average Bonchev–Trinajstić information content (AvgIpc) is 2.33. The van der Waals surface area contributed by atoms with Crippen molar-refractivity contribution in [1.29, 1.82) is 0 Å². The molecule has 4 nitrogen and oxygen atoms in total. The van der Waals surface area contributed by atoms with Crippen molar-refractivity contribution in [3.05, 3.63) is 35.4 Å². The summed E-state index contributed by atoms with van der Waals surface area (Å²) < 4.78 is 5.16. The summed E-state index contributed by atoms with van der Waals surface area (Å²) in [6.07, 6.45) is -0.373. The van der Waals surface area contributed by atoms with Gasteiger partial charge in [-0.3, -0.25) is 0 Å². The molecule has 1 atom stereocenters. The molecule has 1 aromatic rings. The smallest absolute Gasteiger partial charge is 0.407 e. The molecule has 0 aliphatic carbocycles. The second-order valence-corrected chi connectivity index (χ2v) is 6.02. The van der Waals surface area contributed by atoms with Crippen LogP contribution in [0.25, 0.3) is 0 Å². The van der Waals surface area contributed by atoms with E-state index in [2.05, 4.69) is 48.7 Å². The maximum atomic E-state index is 11.4. The van der Waals surface area contributed by atoms with Crippen LogP contribution in [0.15, 0.2) is 24.3 Å². The molecule has 2 N–H and O–H groups in total. The summed E-state index contributed by atoms with van der Waals surface area (Å²) in [5, 5.41) is 6.10. The fourth-order valence-electron chi connectivity index (χ4n) is 1.74. The second kappa shape index (κ2) is 7.29. The van der Waals surface area contributed by atoms with Crippen molar-refractivity contribution in [1.82, 2.24) is 10.6 Å². The minimum Gasteiger partial charge on any atom is -0.444 e. The highest BCUT2D eigenvalue weighted by Gasteiger charge is 2.15. The number of alkyl carbamates (subject to hydrolysis) is 1. The van der Waals surface area contributed by atoms with Gasteiger partial charge in [-0.05, 0) is 40.2 Å². The Hall–Kier alpha value is -1.55. The number of aryl methyl sites for hydroxylation is 1. The van der Waals surface area contributed by atoms with Crippen LogP contribution in [-0.4, -0.2) is 24.8 Å². The molecule has 0 radical (unpaired) electrons. The van der Waals surface area contributed by atoms with Gasteiger partial charge in [0.1, 0.15) is 5.60 Å². The van der Waals surface area contributed by atoms with Gasteiger partial charge in [0.05, 0.1) is 0 Å². The van der Waals surface area contributed by atoms with Crippen LogP contribution in [-0.2, 0) is 4.74 Å². The van der Waals surface area contributed by atoms with E-state index in [4.69, 9.17) is 4.74 Å². The predicted octanol–water partition coefficient (Wildman–Crippen LogP) is 3.17. The first-order chi connectivity index (χ1) is 9.28. The van der Waals surface area contributed by atoms with E-state index in [9.17, 15) is 4.79 Å². The fraction of sp³-hybridized carbons (Fsp3) is 0.562. The third kappa shape index (κ3) is 6.57. The predicted molar refractivity (Wildman–Crippen MR) is 81.8 cm³/mol. The van der Waals surface area contributed by atoms with E-state index < -0.39 is 5.60 Å². The summed E-state index contributed by atoms with van der Waals surface area (Å²) >= 11 is 0. The minimum absolute atomic E-state index is 0.260. The molecule has 0 saturated carbocycles.